The van der Waals surface area contributed by atoms with Gasteiger partial charge in [-0.2, -0.15) is 0 Å². The number of alkyl halides is 1. The van der Waals surface area contributed by atoms with Crippen LogP contribution >= 0.6 is 11.6 Å². The van der Waals surface area contributed by atoms with Crippen molar-refractivity contribution in [2.24, 2.45) is 0 Å². The Balaban J connectivity index is 1.96. The molecule has 0 fully saturated rings. The predicted octanol–water partition coefficient (Wildman–Crippen LogP) is 3.21. The average molecular weight is 250 g/mol. The lowest BCUT2D eigenvalue weighted by molar-refractivity contribution is 0.493. The molecule has 4 heteroatoms. The molecule has 2 rings (SSSR count). The molecule has 0 bridgehead atoms. The molecular formula is C13H16ClN3. The highest BCUT2D eigenvalue weighted by molar-refractivity contribution is 6.16. The van der Waals surface area contributed by atoms with Gasteiger partial charge in [0, 0.05) is 6.04 Å². The minimum atomic E-state index is 0.374. The fraction of sp³-hybridized carbons (Fsp3) is 0.385. The number of aryl methyl sites for hydroxylation is 1. The number of halogens is 1. The third-order valence-electron chi connectivity index (χ3n) is 2.94. The zero-order chi connectivity index (χ0) is 12.1. The largest absolute Gasteiger partial charge is 0.314 e. The molecule has 1 unspecified atom stereocenters. The minimum absolute atomic E-state index is 0.374. The van der Waals surface area contributed by atoms with Crippen molar-refractivity contribution in [3.63, 3.8) is 0 Å². The molecule has 0 saturated carbocycles. The van der Waals surface area contributed by atoms with Gasteiger partial charge in [0.1, 0.15) is 12.2 Å². The molecule has 90 valence electrons. The van der Waals surface area contributed by atoms with Crippen LogP contribution in [0.15, 0.2) is 36.7 Å². The summed E-state index contributed by atoms with van der Waals surface area (Å²) in [4.78, 5) is 0. The maximum atomic E-state index is 5.81. The van der Waals surface area contributed by atoms with Gasteiger partial charge in [-0.15, -0.1) is 21.8 Å². The van der Waals surface area contributed by atoms with E-state index in [0.717, 1.165) is 18.7 Å². The third kappa shape index (κ3) is 3.07. The van der Waals surface area contributed by atoms with Gasteiger partial charge >= 0.3 is 0 Å². The van der Waals surface area contributed by atoms with Gasteiger partial charge in [0.05, 0.1) is 5.88 Å². The molecule has 0 radical (unpaired) electrons. The summed E-state index contributed by atoms with van der Waals surface area (Å²) in [7, 11) is 0. The number of aromatic nitrogens is 3. The summed E-state index contributed by atoms with van der Waals surface area (Å²) in [6.07, 6.45) is 3.88. The van der Waals surface area contributed by atoms with Crippen LogP contribution in [0.1, 0.15) is 30.8 Å². The molecule has 0 amide bonds. The standard InChI is InChI=1S/C13H16ClN3/c1-11(17-10-15-16-13(17)9-14)7-8-12-5-3-2-4-6-12/h2-6,10-11H,7-9H2,1H3. The Labute approximate surface area is 106 Å². The average Bonchev–Trinajstić information content (AvgIpc) is 2.85. The van der Waals surface area contributed by atoms with E-state index in [2.05, 4.69) is 46.0 Å². The number of hydrogen-bond donors (Lipinski definition) is 0. The van der Waals surface area contributed by atoms with Crippen LogP contribution in [0, 0.1) is 0 Å². The molecule has 0 saturated heterocycles. The molecule has 0 aliphatic rings. The molecule has 1 heterocycles. The van der Waals surface area contributed by atoms with Crippen LogP contribution in [0.3, 0.4) is 0 Å². The van der Waals surface area contributed by atoms with Crippen LogP contribution in [0.2, 0.25) is 0 Å². The van der Waals surface area contributed by atoms with Gasteiger partial charge in [0.25, 0.3) is 0 Å². The fourth-order valence-electron chi connectivity index (χ4n) is 1.89. The van der Waals surface area contributed by atoms with Gasteiger partial charge < -0.3 is 4.57 Å². The topological polar surface area (TPSA) is 30.7 Å². The van der Waals surface area contributed by atoms with Crippen molar-refractivity contribution >= 4 is 11.6 Å². The highest BCUT2D eigenvalue weighted by Crippen LogP contribution is 2.16. The van der Waals surface area contributed by atoms with Crippen LogP contribution in [-0.2, 0) is 12.3 Å². The summed E-state index contributed by atoms with van der Waals surface area (Å²) in [6, 6.07) is 10.9. The van der Waals surface area contributed by atoms with Gasteiger partial charge in [0.2, 0.25) is 0 Å². The van der Waals surface area contributed by atoms with Crippen molar-refractivity contribution in [3.8, 4) is 0 Å². The maximum Gasteiger partial charge on any atom is 0.148 e. The van der Waals surface area contributed by atoms with Crippen molar-refractivity contribution in [1.29, 1.82) is 0 Å². The SMILES string of the molecule is CC(CCc1ccccc1)n1cnnc1CCl. The summed E-state index contributed by atoms with van der Waals surface area (Å²) in [6.45, 7) is 2.17. The van der Waals surface area contributed by atoms with E-state index < -0.39 is 0 Å². The molecule has 0 N–H and O–H groups in total. The monoisotopic (exact) mass is 249 g/mol. The van der Waals surface area contributed by atoms with E-state index in [4.69, 9.17) is 11.6 Å². The molecule has 3 nitrogen and oxygen atoms in total. The highest BCUT2D eigenvalue weighted by atomic mass is 35.5. The van der Waals surface area contributed by atoms with E-state index in [1.54, 1.807) is 6.33 Å². The molecular weight excluding hydrogens is 234 g/mol. The van der Waals surface area contributed by atoms with Gasteiger partial charge in [-0.05, 0) is 25.3 Å². The summed E-state index contributed by atoms with van der Waals surface area (Å²) < 4.78 is 2.05. The molecule has 1 aromatic carbocycles. The van der Waals surface area contributed by atoms with Crippen molar-refractivity contribution < 1.29 is 0 Å². The third-order valence-corrected chi connectivity index (χ3v) is 3.17. The lowest BCUT2D eigenvalue weighted by Crippen LogP contribution is -2.08. The summed E-state index contributed by atoms with van der Waals surface area (Å²) in [5.41, 5.74) is 1.36. The Hall–Kier alpha value is -1.35. The summed E-state index contributed by atoms with van der Waals surface area (Å²) >= 11 is 5.81. The second-order valence-corrected chi connectivity index (χ2v) is 4.43. The first-order chi connectivity index (χ1) is 8.31. The van der Waals surface area contributed by atoms with Crippen LogP contribution in [0.5, 0.6) is 0 Å². The van der Waals surface area contributed by atoms with Crippen molar-refractivity contribution in [2.75, 3.05) is 0 Å². The molecule has 2 aromatic rings. The van der Waals surface area contributed by atoms with Crippen LogP contribution in [-0.4, -0.2) is 14.8 Å². The van der Waals surface area contributed by atoms with Gasteiger partial charge in [0.15, 0.2) is 0 Å². The fourth-order valence-corrected chi connectivity index (χ4v) is 2.08. The summed E-state index contributed by atoms with van der Waals surface area (Å²) in [5, 5.41) is 7.89. The zero-order valence-electron chi connectivity index (χ0n) is 9.88. The van der Waals surface area contributed by atoms with E-state index >= 15 is 0 Å². The number of nitrogens with zero attached hydrogens (tertiary/aromatic N) is 3. The Morgan fingerprint density at radius 1 is 1.29 bits per heavy atom. The lowest BCUT2D eigenvalue weighted by atomic mass is 10.1. The Morgan fingerprint density at radius 2 is 2.06 bits per heavy atom. The Bertz CT molecular complexity index is 453. The van der Waals surface area contributed by atoms with Crippen LogP contribution in [0.4, 0.5) is 0 Å². The smallest absolute Gasteiger partial charge is 0.148 e. The van der Waals surface area contributed by atoms with Gasteiger partial charge in [-0.3, -0.25) is 0 Å². The first kappa shape index (κ1) is 12.1. The van der Waals surface area contributed by atoms with Crippen molar-refractivity contribution in [1.82, 2.24) is 14.8 Å². The second kappa shape index (κ2) is 5.82. The minimum Gasteiger partial charge on any atom is -0.314 e. The molecule has 0 aliphatic carbocycles. The number of hydrogen-bond acceptors (Lipinski definition) is 2. The first-order valence-corrected chi connectivity index (χ1v) is 6.33. The number of rotatable bonds is 5. The Kier molecular flexibility index (Phi) is 4.15. The van der Waals surface area contributed by atoms with Crippen LogP contribution in [0.25, 0.3) is 0 Å². The highest BCUT2D eigenvalue weighted by Gasteiger charge is 2.10. The zero-order valence-corrected chi connectivity index (χ0v) is 10.6. The van der Waals surface area contributed by atoms with Crippen molar-refractivity contribution in [2.45, 2.75) is 31.7 Å². The van der Waals surface area contributed by atoms with Gasteiger partial charge in [-0.25, -0.2) is 0 Å². The maximum absolute atomic E-state index is 5.81. The Morgan fingerprint density at radius 3 is 2.76 bits per heavy atom. The van der Waals surface area contributed by atoms with E-state index in [1.807, 2.05) is 6.07 Å². The number of benzene rings is 1. The van der Waals surface area contributed by atoms with E-state index in [-0.39, 0.29) is 0 Å². The van der Waals surface area contributed by atoms with Gasteiger partial charge in [-0.1, -0.05) is 30.3 Å². The van der Waals surface area contributed by atoms with E-state index in [1.165, 1.54) is 5.56 Å². The second-order valence-electron chi connectivity index (χ2n) is 4.16. The van der Waals surface area contributed by atoms with E-state index in [9.17, 15) is 0 Å². The molecule has 0 aliphatic heterocycles. The quantitative estimate of drug-likeness (QED) is 0.762. The molecule has 17 heavy (non-hydrogen) atoms. The first-order valence-electron chi connectivity index (χ1n) is 5.79. The lowest BCUT2D eigenvalue weighted by Gasteiger charge is -2.14. The molecule has 1 atom stereocenters. The normalized spacial score (nSPS) is 12.6. The molecule has 0 spiro atoms. The molecule has 1 aromatic heterocycles. The van der Waals surface area contributed by atoms with E-state index in [0.29, 0.717) is 11.9 Å². The van der Waals surface area contributed by atoms with Crippen LogP contribution < -0.4 is 0 Å². The predicted molar refractivity (Wildman–Crippen MR) is 69.1 cm³/mol. The van der Waals surface area contributed by atoms with Crippen molar-refractivity contribution in [3.05, 3.63) is 48.0 Å². The summed E-state index contributed by atoms with van der Waals surface area (Å²) in [5.74, 6) is 1.25.